The van der Waals surface area contributed by atoms with Gasteiger partial charge in [0.2, 0.25) is 0 Å². The van der Waals surface area contributed by atoms with Crippen molar-refractivity contribution in [1.29, 1.82) is 0 Å². The Morgan fingerprint density at radius 3 is 1.82 bits per heavy atom. The van der Waals surface area contributed by atoms with Crippen LogP contribution < -0.4 is 0 Å². The number of quaternary nitrogens is 1. The molecule has 0 unspecified atom stereocenters. The van der Waals surface area contributed by atoms with Gasteiger partial charge in [0.05, 0.1) is 27.7 Å². The molecule has 0 aromatic heterocycles. The molecule has 0 amide bonds. The molecule has 0 aliphatic rings. The number of unbranched alkanes of at least 4 members (excludes halogenated alkanes) is 3. The Bertz CT molecular complexity index is 76.1. The second-order valence-electron chi connectivity index (χ2n) is 4.07. The maximum atomic E-state index is 2.26. The van der Waals surface area contributed by atoms with Crippen LogP contribution in [0.25, 0.3) is 0 Å². The van der Waals surface area contributed by atoms with Gasteiger partial charge in [0.1, 0.15) is 0 Å². The first-order valence-corrected chi connectivity index (χ1v) is 4.36. The van der Waals surface area contributed by atoms with Gasteiger partial charge in [0, 0.05) is 8.41 Å². The SMILES string of the molecule is CCCCCC[N+](C)(C)C.[B]. The van der Waals surface area contributed by atoms with E-state index >= 15 is 0 Å². The molecule has 0 aliphatic carbocycles. The van der Waals surface area contributed by atoms with Crippen LogP contribution in [0, 0.1) is 0 Å². The zero-order valence-corrected chi connectivity index (χ0v) is 8.56. The van der Waals surface area contributed by atoms with Crippen molar-refractivity contribution in [2.45, 2.75) is 32.6 Å². The summed E-state index contributed by atoms with van der Waals surface area (Å²) in [5, 5.41) is 0. The third-order valence-corrected chi connectivity index (χ3v) is 1.68. The van der Waals surface area contributed by atoms with Gasteiger partial charge in [0.15, 0.2) is 0 Å². The molecule has 65 valence electrons. The van der Waals surface area contributed by atoms with E-state index < -0.39 is 0 Å². The molecule has 11 heavy (non-hydrogen) atoms. The average molecular weight is 155 g/mol. The van der Waals surface area contributed by atoms with Gasteiger partial charge in [-0.05, 0) is 12.8 Å². The predicted molar refractivity (Wildman–Crippen MR) is 52.8 cm³/mol. The van der Waals surface area contributed by atoms with E-state index in [1.165, 1.54) is 32.2 Å². The zero-order valence-electron chi connectivity index (χ0n) is 8.56. The molecule has 0 fully saturated rings. The third kappa shape index (κ3) is 13.1. The first-order valence-electron chi connectivity index (χ1n) is 4.36. The summed E-state index contributed by atoms with van der Waals surface area (Å²) in [5.74, 6) is 0. The van der Waals surface area contributed by atoms with E-state index in [1.807, 2.05) is 0 Å². The van der Waals surface area contributed by atoms with Gasteiger partial charge in [-0.25, -0.2) is 0 Å². The fourth-order valence-electron chi connectivity index (χ4n) is 1.01. The summed E-state index contributed by atoms with van der Waals surface area (Å²) >= 11 is 0. The molecular weight excluding hydrogens is 133 g/mol. The molecule has 0 N–H and O–H groups in total. The van der Waals surface area contributed by atoms with Crippen LogP contribution in [0.3, 0.4) is 0 Å². The minimum absolute atomic E-state index is 0. The maximum Gasteiger partial charge on any atom is 0.0780 e. The maximum absolute atomic E-state index is 2.26. The second kappa shape index (κ2) is 6.72. The van der Waals surface area contributed by atoms with E-state index in [1.54, 1.807) is 0 Å². The van der Waals surface area contributed by atoms with Crippen molar-refractivity contribution < 1.29 is 4.48 Å². The fourth-order valence-corrected chi connectivity index (χ4v) is 1.01. The molecule has 0 heterocycles. The Hall–Kier alpha value is 0.0249. The highest BCUT2D eigenvalue weighted by Crippen LogP contribution is 2.01. The van der Waals surface area contributed by atoms with Crippen LogP contribution in [0.1, 0.15) is 32.6 Å². The van der Waals surface area contributed by atoms with Gasteiger partial charge in [-0.3, -0.25) is 0 Å². The highest BCUT2D eigenvalue weighted by atomic mass is 15.3. The molecule has 0 bridgehead atoms. The average Bonchev–Trinajstić information content (AvgIpc) is 1.78. The van der Waals surface area contributed by atoms with Gasteiger partial charge in [0.25, 0.3) is 0 Å². The van der Waals surface area contributed by atoms with Crippen LogP contribution in [0.4, 0.5) is 0 Å². The molecular formula is C9H22BN+. The Kier molecular flexibility index (Phi) is 8.31. The topological polar surface area (TPSA) is 0 Å². The first-order chi connectivity index (χ1) is 4.56. The van der Waals surface area contributed by atoms with E-state index in [0.29, 0.717) is 0 Å². The van der Waals surface area contributed by atoms with Crippen molar-refractivity contribution in [2.75, 3.05) is 27.7 Å². The van der Waals surface area contributed by atoms with Crippen molar-refractivity contribution in [3.63, 3.8) is 0 Å². The summed E-state index contributed by atoms with van der Waals surface area (Å²) in [6.45, 7) is 3.58. The summed E-state index contributed by atoms with van der Waals surface area (Å²) in [5.41, 5.74) is 0. The molecule has 0 saturated heterocycles. The number of hydrogen-bond acceptors (Lipinski definition) is 0. The van der Waals surface area contributed by atoms with Crippen molar-refractivity contribution in [2.24, 2.45) is 0 Å². The van der Waals surface area contributed by atoms with Gasteiger partial charge in [-0.1, -0.05) is 19.8 Å². The van der Waals surface area contributed by atoms with Gasteiger partial charge in [-0.2, -0.15) is 0 Å². The van der Waals surface area contributed by atoms with Crippen molar-refractivity contribution in [3.8, 4) is 0 Å². The lowest BCUT2D eigenvalue weighted by molar-refractivity contribution is -0.870. The summed E-state index contributed by atoms with van der Waals surface area (Å²) in [7, 11) is 6.77. The summed E-state index contributed by atoms with van der Waals surface area (Å²) in [6, 6.07) is 0. The minimum Gasteiger partial charge on any atom is -0.331 e. The number of rotatable bonds is 5. The Balaban J connectivity index is 0. The van der Waals surface area contributed by atoms with Crippen molar-refractivity contribution in [3.05, 3.63) is 0 Å². The fraction of sp³-hybridized carbons (Fsp3) is 1.00. The standard InChI is InChI=1S/C9H22N.B/c1-5-6-7-8-9-10(2,3)4;/h5-9H2,1-4H3;/q+1;. The van der Waals surface area contributed by atoms with E-state index in [-0.39, 0.29) is 8.41 Å². The van der Waals surface area contributed by atoms with Crippen LogP contribution in [0.15, 0.2) is 0 Å². The molecule has 0 aliphatic heterocycles. The molecule has 1 nitrogen and oxygen atoms in total. The van der Waals surface area contributed by atoms with E-state index in [9.17, 15) is 0 Å². The summed E-state index contributed by atoms with van der Waals surface area (Å²) < 4.78 is 1.11. The third-order valence-electron chi connectivity index (χ3n) is 1.68. The summed E-state index contributed by atoms with van der Waals surface area (Å²) in [6.07, 6.45) is 5.54. The normalized spacial score (nSPS) is 10.9. The first kappa shape index (κ1) is 13.6. The van der Waals surface area contributed by atoms with Gasteiger partial charge < -0.3 is 4.48 Å². The molecule has 0 atom stereocenters. The number of nitrogens with zero attached hydrogens (tertiary/aromatic N) is 1. The van der Waals surface area contributed by atoms with Crippen LogP contribution in [0.2, 0.25) is 0 Å². The molecule has 0 saturated carbocycles. The highest BCUT2D eigenvalue weighted by Gasteiger charge is 2.04. The predicted octanol–water partition coefficient (Wildman–Crippen LogP) is 1.89. The molecule has 0 spiro atoms. The van der Waals surface area contributed by atoms with E-state index in [2.05, 4.69) is 28.1 Å². The molecule has 0 aromatic carbocycles. The smallest absolute Gasteiger partial charge is 0.0780 e. The van der Waals surface area contributed by atoms with Gasteiger partial charge >= 0.3 is 0 Å². The van der Waals surface area contributed by atoms with Crippen LogP contribution in [-0.4, -0.2) is 40.6 Å². The van der Waals surface area contributed by atoms with Crippen LogP contribution in [-0.2, 0) is 0 Å². The lowest BCUT2D eigenvalue weighted by Crippen LogP contribution is -2.35. The summed E-state index contributed by atoms with van der Waals surface area (Å²) in [4.78, 5) is 0. The number of hydrogen-bond donors (Lipinski definition) is 0. The van der Waals surface area contributed by atoms with Gasteiger partial charge in [-0.15, -0.1) is 0 Å². The zero-order chi connectivity index (χ0) is 8.04. The Morgan fingerprint density at radius 1 is 0.909 bits per heavy atom. The molecule has 0 rings (SSSR count). The molecule has 3 radical (unpaired) electrons. The Labute approximate surface area is 74.0 Å². The quantitative estimate of drug-likeness (QED) is 0.323. The lowest BCUT2D eigenvalue weighted by atomic mass is 10.2. The van der Waals surface area contributed by atoms with Crippen molar-refractivity contribution in [1.82, 2.24) is 0 Å². The second-order valence-corrected chi connectivity index (χ2v) is 4.07. The molecule has 0 aromatic rings. The van der Waals surface area contributed by atoms with Crippen LogP contribution in [0.5, 0.6) is 0 Å². The van der Waals surface area contributed by atoms with Crippen LogP contribution >= 0.6 is 0 Å². The Morgan fingerprint density at radius 2 is 1.45 bits per heavy atom. The highest BCUT2D eigenvalue weighted by molar-refractivity contribution is 5.75. The molecule has 2 heteroatoms. The van der Waals surface area contributed by atoms with Crippen molar-refractivity contribution >= 4 is 8.41 Å². The largest absolute Gasteiger partial charge is 0.331 e. The minimum atomic E-state index is 0. The lowest BCUT2D eigenvalue weighted by Gasteiger charge is -2.23. The van der Waals surface area contributed by atoms with E-state index in [0.717, 1.165) is 4.48 Å². The van der Waals surface area contributed by atoms with E-state index in [4.69, 9.17) is 0 Å². The monoisotopic (exact) mass is 155 g/mol.